The molecule has 2 aromatic carbocycles. The molecule has 0 aliphatic rings. The van der Waals surface area contributed by atoms with Gasteiger partial charge in [-0.25, -0.2) is 8.78 Å². The maximum atomic E-state index is 13.8. The van der Waals surface area contributed by atoms with Crippen molar-refractivity contribution in [1.82, 2.24) is 0 Å². The van der Waals surface area contributed by atoms with Crippen molar-refractivity contribution >= 4 is 17.3 Å². The molecule has 0 saturated carbocycles. The van der Waals surface area contributed by atoms with E-state index in [9.17, 15) is 8.78 Å². The smallest absolute Gasteiger partial charge is 0.150 e. The first-order valence-electron chi connectivity index (χ1n) is 6.49. The summed E-state index contributed by atoms with van der Waals surface area (Å²) in [5.74, 6) is -1.36. The predicted octanol–water partition coefficient (Wildman–Crippen LogP) is 5.49. The highest BCUT2D eigenvalue weighted by atomic mass is 35.5. The van der Waals surface area contributed by atoms with Crippen molar-refractivity contribution < 1.29 is 8.78 Å². The average molecular weight is 296 g/mol. The predicted molar refractivity (Wildman–Crippen MR) is 79.2 cm³/mol. The molecule has 4 heteroatoms. The second-order valence-corrected chi connectivity index (χ2v) is 5.17. The topological polar surface area (TPSA) is 12.0 Å². The number of anilines is 1. The van der Waals surface area contributed by atoms with Crippen LogP contribution in [0.5, 0.6) is 0 Å². The molecule has 0 spiro atoms. The minimum atomic E-state index is -0.680. The van der Waals surface area contributed by atoms with E-state index < -0.39 is 11.6 Å². The molecule has 0 fully saturated rings. The van der Waals surface area contributed by atoms with Gasteiger partial charge in [0.15, 0.2) is 5.82 Å². The summed E-state index contributed by atoms with van der Waals surface area (Å²) < 4.78 is 26.8. The monoisotopic (exact) mass is 295 g/mol. The first kappa shape index (κ1) is 14.8. The van der Waals surface area contributed by atoms with E-state index >= 15 is 0 Å². The Morgan fingerprint density at radius 1 is 1.15 bits per heavy atom. The van der Waals surface area contributed by atoms with Gasteiger partial charge in [0.1, 0.15) is 5.82 Å². The van der Waals surface area contributed by atoms with Gasteiger partial charge >= 0.3 is 0 Å². The summed E-state index contributed by atoms with van der Waals surface area (Å²) in [6.45, 7) is 4.00. The Hall–Kier alpha value is -1.61. The van der Waals surface area contributed by atoms with Crippen LogP contribution in [0.2, 0.25) is 5.02 Å². The highest BCUT2D eigenvalue weighted by molar-refractivity contribution is 6.33. The molecule has 0 saturated heterocycles. The molecule has 2 aromatic rings. The third kappa shape index (κ3) is 3.28. The summed E-state index contributed by atoms with van der Waals surface area (Å²) in [5, 5.41) is 3.10. The van der Waals surface area contributed by atoms with Gasteiger partial charge in [-0.3, -0.25) is 0 Å². The van der Waals surface area contributed by atoms with Crippen LogP contribution >= 0.6 is 11.6 Å². The van der Waals surface area contributed by atoms with E-state index in [-0.39, 0.29) is 16.8 Å². The van der Waals surface area contributed by atoms with Gasteiger partial charge in [-0.15, -0.1) is 0 Å². The molecular weight excluding hydrogens is 280 g/mol. The second-order valence-electron chi connectivity index (χ2n) is 4.76. The fourth-order valence-electron chi connectivity index (χ4n) is 2.07. The SMILES string of the molecule is CCC(Nc1c(F)cc(F)cc1Cl)c1ccc(C)cc1. The van der Waals surface area contributed by atoms with Gasteiger partial charge in [0.05, 0.1) is 16.8 Å². The Labute approximate surface area is 122 Å². The highest BCUT2D eigenvalue weighted by Gasteiger charge is 2.15. The average Bonchev–Trinajstić information content (AvgIpc) is 2.39. The lowest BCUT2D eigenvalue weighted by Gasteiger charge is -2.20. The van der Waals surface area contributed by atoms with Gasteiger partial charge in [-0.05, 0) is 25.0 Å². The van der Waals surface area contributed by atoms with Crippen molar-refractivity contribution in [3.63, 3.8) is 0 Å². The van der Waals surface area contributed by atoms with Gasteiger partial charge in [0, 0.05) is 6.07 Å². The van der Waals surface area contributed by atoms with Gasteiger partial charge in [-0.1, -0.05) is 48.4 Å². The molecule has 0 aliphatic heterocycles. The lowest BCUT2D eigenvalue weighted by molar-refractivity contribution is 0.582. The zero-order valence-electron chi connectivity index (χ0n) is 11.4. The second kappa shape index (κ2) is 6.23. The van der Waals surface area contributed by atoms with Gasteiger partial charge in [-0.2, -0.15) is 0 Å². The van der Waals surface area contributed by atoms with Crippen molar-refractivity contribution in [3.8, 4) is 0 Å². The van der Waals surface area contributed by atoms with Crippen molar-refractivity contribution in [2.24, 2.45) is 0 Å². The molecule has 1 atom stereocenters. The van der Waals surface area contributed by atoms with E-state index in [0.29, 0.717) is 0 Å². The van der Waals surface area contributed by atoms with Crippen LogP contribution in [0, 0.1) is 18.6 Å². The van der Waals surface area contributed by atoms with Crippen LogP contribution in [0.25, 0.3) is 0 Å². The minimum absolute atomic E-state index is 0.0491. The Morgan fingerprint density at radius 3 is 2.35 bits per heavy atom. The third-order valence-corrected chi connectivity index (χ3v) is 3.51. The summed E-state index contributed by atoms with van der Waals surface area (Å²) in [4.78, 5) is 0. The standard InChI is InChI=1S/C16H16ClF2N/c1-3-15(11-6-4-10(2)5-7-11)20-16-13(17)8-12(18)9-14(16)19/h4-9,15,20H,3H2,1-2H3. The molecule has 106 valence electrons. The zero-order valence-corrected chi connectivity index (χ0v) is 12.1. The Bertz CT molecular complexity index is 573. The van der Waals surface area contributed by atoms with Crippen molar-refractivity contribution in [2.75, 3.05) is 5.32 Å². The molecule has 0 aromatic heterocycles. The van der Waals surface area contributed by atoms with Crippen LogP contribution in [0.4, 0.5) is 14.5 Å². The molecule has 0 aliphatic carbocycles. The van der Waals surface area contributed by atoms with Crippen LogP contribution in [0.3, 0.4) is 0 Å². The van der Waals surface area contributed by atoms with Crippen molar-refractivity contribution in [1.29, 1.82) is 0 Å². The first-order valence-corrected chi connectivity index (χ1v) is 6.86. The number of benzene rings is 2. The van der Waals surface area contributed by atoms with Crippen LogP contribution < -0.4 is 5.32 Å². The molecular formula is C16H16ClF2N. The Kier molecular flexibility index (Phi) is 4.61. The van der Waals surface area contributed by atoms with Gasteiger partial charge in [0.2, 0.25) is 0 Å². The number of hydrogen-bond donors (Lipinski definition) is 1. The molecule has 0 bridgehead atoms. The molecule has 20 heavy (non-hydrogen) atoms. The maximum absolute atomic E-state index is 13.8. The van der Waals surface area contributed by atoms with E-state index in [1.165, 1.54) is 0 Å². The summed E-state index contributed by atoms with van der Waals surface area (Å²) in [6.07, 6.45) is 0.760. The van der Waals surface area contributed by atoms with Crippen molar-refractivity contribution in [3.05, 3.63) is 64.2 Å². The summed E-state index contributed by atoms with van der Waals surface area (Å²) in [5.41, 5.74) is 2.34. The fourth-order valence-corrected chi connectivity index (χ4v) is 2.32. The van der Waals surface area contributed by atoms with E-state index in [2.05, 4.69) is 5.32 Å². The largest absolute Gasteiger partial charge is 0.375 e. The normalized spacial score (nSPS) is 12.2. The third-order valence-electron chi connectivity index (χ3n) is 3.21. The molecule has 0 radical (unpaired) electrons. The molecule has 0 heterocycles. The summed E-state index contributed by atoms with van der Waals surface area (Å²) in [7, 11) is 0. The molecule has 1 nitrogen and oxygen atoms in total. The van der Waals surface area contributed by atoms with E-state index in [0.717, 1.165) is 29.7 Å². The van der Waals surface area contributed by atoms with Crippen LogP contribution in [0.1, 0.15) is 30.5 Å². The lowest BCUT2D eigenvalue weighted by Crippen LogP contribution is -2.11. The van der Waals surface area contributed by atoms with E-state index in [4.69, 9.17) is 11.6 Å². The van der Waals surface area contributed by atoms with Crippen LogP contribution in [-0.4, -0.2) is 0 Å². The Morgan fingerprint density at radius 2 is 1.80 bits per heavy atom. The van der Waals surface area contributed by atoms with Crippen molar-refractivity contribution in [2.45, 2.75) is 26.3 Å². The fraction of sp³-hybridized carbons (Fsp3) is 0.250. The summed E-state index contributed by atoms with van der Waals surface area (Å²) in [6, 6.07) is 9.85. The van der Waals surface area contributed by atoms with Gasteiger partial charge < -0.3 is 5.32 Å². The van der Waals surface area contributed by atoms with Crippen LogP contribution in [-0.2, 0) is 0 Å². The molecule has 1 unspecified atom stereocenters. The molecule has 1 N–H and O–H groups in total. The number of hydrogen-bond acceptors (Lipinski definition) is 1. The summed E-state index contributed by atoms with van der Waals surface area (Å²) >= 11 is 5.91. The molecule has 2 rings (SSSR count). The number of halogens is 3. The lowest BCUT2D eigenvalue weighted by atomic mass is 10.0. The minimum Gasteiger partial charge on any atom is -0.375 e. The number of aryl methyl sites for hydroxylation is 1. The number of rotatable bonds is 4. The van der Waals surface area contributed by atoms with Crippen LogP contribution in [0.15, 0.2) is 36.4 Å². The number of nitrogens with one attached hydrogen (secondary N) is 1. The maximum Gasteiger partial charge on any atom is 0.150 e. The quantitative estimate of drug-likeness (QED) is 0.786. The molecule has 0 amide bonds. The highest BCUT2D eigenvalue weighted by Crippen LogP contribution is 2.31. The Balaban J connectivity index is 2.29. The van der Waals surface area contributed by atoms with E-state index in [1.807, 2.05) is 38.1 Å². The first-order chi connectivity index (χ1) is 9.51. The van der Waals surface area contributed by atoms with Gasteiger partial charge in [0.25, 0.3) is 0 Å². The zero-order chi connectivity index (χ0) is 14.7. The van der Waals surface area contributed by atoms with E-state index in [1.54, 1.807) is 0 Å².